The van der Waals surface area contributed by atoms with Gasteiger partial charge in [0.25, 0.3) is 5.56 Å². The highest BCUT2D eigenvalue weighted by atomic mass is 35.5. The molecule has 0 saturated heterocycles. The number of fused-ring (bicyclic) bond motifs is 2. The number of aromatic nitrogens is 3. The molecule has 2 aliphatic carbocycles. The minimum absolute atomic E-state index is 0.103. The Kier molecular flexibility index (Phi) is 3.11. The molecule has 0 unspecified atom stereocenters. The predicted molar refractivity (Wildman–Crippen MR) is 98.3 cm³/mol. The Bertz CT molecular complexity index is 1040. The molecule has 4 nitrogen and oxygen atoms in total. The highest BCUT2D eigenvalue weighted by Crippen LogP contribution is 2.67. The fraction of sp³-hybridized carbons (Fsp3) is 0.350. The Morgan fingerprint density at radius 2 is 2.00 bits per heavy atom. The Hall–Kier alpha value is -2.20. The summed E-state index contributed by atoms with van der Waals surface area (Å²) in [4.78, 5) is 22.3. The quantitative estimate of drug-likeness (QED) is 0.690. The summed E-state index contributed by atoms with van der Waals surface area (Å²) in [5.41, 5.74) is 2.23. The average molecular weight is 352 g/mol. The van der Waals surface area contributed by atoms with Gasteiger partial charge >= 0.3 is 0 Å². The third kappa shape index (κ3) is 2.31. The molecule has 5 heteroatoms. The van der Waals surface area contributed by atoms with Crippen molar-refractivity contribution in [3.05, 3.63) is 63.8 Å². The molecule has 2 heterocycles. The third-order valence-corrected chi connectivity index (χ3v) is 6.18. The van der Waals surface area contributed by atoms with Crippen LogP contribution in [-0.4, -0.2) is 14.5 Å². The van der Waals surface area contributed by atoms with Gasteiger partial charge in [0.1, 0.15) is 5.82 Å². The van der Waals surface area contributed by atoms with Crippen LogP contribution >= 0.6 is 11.6 Å². The van der Waals surface area contributed by atoms with Crippen molar-refractivity contribution in [3.63, 3.8) is 0 Å². The van der Waals surface area contributed by atoms with Gasteiger partial charge in [0, 0.05) is 17.1 Å². The lowest BCUT2D eigenvalue weighted by molar-refractivity contribution is 0.497. The van der Waals surface area contributed by atoms with Gasteiger partial charge in [-0.2, -0.15) is 0 Å². The molecule has 0 amide bonds. The maximum absolute atomic E-state index is 13.2. The van der Waals surface area contributed by atoms with E-state index in [-0.39, 0.29) is 5.56 Å². The average Bonchev–Trinajstić information content (AvgIpc) is 3.13. The van der Waals surface area contributed by atoms with Crippen LogP contribution in [0.2, 0.25) is 5.02 Å². The van der Waals surface area contributed by atoms with Gasteiger partial charge in [0.15, 0.2) is 5.52 Å². The summed E-state index contributed by atoms with van der Waals surface area (Å²) in [5.74, 6) is 1.95. The summed E-state index contributed by atoms with van der Waals surface area (Å²) in [5, 5.41) is 0.653. The first-order valence-corrected chi connectivity index (χ1v) is 9.07. The van der Waals surface area contributed by atoms with E-state index in [9.17, 15) is 4.79 Å². The molecular weight excluding hydrogens is 334 g/mol. The van der Waals surface area contributed by atoms with Crippen LogP contribution in [0.3, 0.4) is 0 Å². The van der Waals surface area contributed by atoms with E-state index in [1.54, 1.807) is 10.8 Å². The summed E-state index contributed by atoms with van der Waals surface area (Å²) in [6.45, 7) is 2.35. The zero-order chi connectivity index (χ0) is 17.2. The number of rotatable bonds is 2. The molecule has 0 bridgehead atoms. The van der Waals surface area contributed by atoms with Gasteiger partial charge in [0.05, 0.1) is 11.2 Å². The second-order valence-corrected chi connectivity index (χ2v) is 8.09. The van der Waals surface area contributed by atoms with Crippen molar-refractivity contribution in [1.82, 2.24) is 14.5 Å². The van der Waals surface area contributed by atoms with E-state index >= 15 is 0 Å². The molecular formula is C20H18ClN3O. The summed E-state index contributed by atoms with van der Waals surface area (Å²) >= 11 is 6.03. The molecule has 0 N–H and O–H groups in total. The molecule has 25 heavy (non-hydrogen) atoms. The van der Waals surface area contributed by atoms with Gasteiger partial charge in [0.2, 0.25) is 0 Å². The molecule has 2 saturated carbocycles. The maximum atomic E-state index is 13.2. The minimum atomic E-state index is -0.103. The van der Waals surface area contributed by atoms with E-state index in [1.165, 1.54) is 6.42 Å². The number of hydrogen-bond acceptors (Lipinski definition) is 3. The highest BCUT2D eigenvalue weighted by molar-refractivity contribution is 6.30. The van der Waals surface area contributed by atoms with Gasteiger partial charge in [-0.25, -0.2) is 9.97 Å². The SMILES string of the molecule is C[C@@]12C[C@H](c3nc4cccnc4c(=O)n3-c3ccc(Cl)cc3)C[C@@H]1C2. The standard InChI is InChI=1S/C20H18ClN3O/c1-20-10-12(9-13(20)11-20)18-23-16-3-2-8-22-17(16)19(25)24(18)15-6-4-14(21)5-7-15/h2-8,12-13H,9-11H2,1H3/t12-,13-,20+/m1/s1. The second kappa shape index (κ2) is 5.15. The smallest absolute Gasteiger partial charge is 0.266 e. The molecule has 126 valence electrons. The maximum Gasteiger partial charge on any atom is 0.284 e. The zero-order valence-corrected chi connectivity index (χ0v) is 14.7. The van der Waals surface area contributed by atoms with Crippen molar-refractivity contribution in [1.29, 1.82) is 0 Å². The Balaban J connectivity index is 1.75. The Labute approximate surface area is 150 Å². The molecule has 3 aromatic rings. The molecule has 1 aromatic carbocycles. The van der Waals surface area contributed by atoms with E-state index in [2.05, 4.69) is 11.9 Å². The van der Waals surface area contributed by atoms with Gasteiger partial charge < -0.3 is 0 Å². The number of hydrogen-bond donors (Lipinski definition) is 0. The molecule has 2 fully saturated rings. The first kappa shape index (κ1) is 15.1. The fourth-order valence-electron chi connectivity index (χ4n) is 4.46. The molecule has 2 aromatic heterocycles. The molecule has 5 rings (SSSR count). The van der Waals surface area contributed by atoms with Crippen molar-refractivity contribution in [3.8, 4) is 5.69 Å². The summed E-state index contributed by atoms with van der Waals surface area (Å²) in [6, 6.07) is 11.1. The van der Waals surface area contributed by atoms with E-state index in [0.717, 1.165) is 30.3 Å². The summed E-state index contributed by atoms with van der Waals surface area (Å²) in [6.07, 6.45) is 5.17. The van der Waals surface area contributed by atoms with E-state index < -0.39 is 0 Å². The number of pyridine rings is 1. The van der Waals surface area contributed by atoms with E-state index in [1.807, 2.05) is 36.4 Å². The Morgan fingerprint density at radius 3 is 2.72 bits per heavy atom. The monoisotopic (exact) mass is 351 g/mol. The molecule has 0 aliphatic heterocycles. The van der Waals surface area contributed by atoms with Crippen molar-refractivity contribution in [2.45, 2.75) is 32.1 Å². The number of halogens is 1. The van der Waals surface area contributed by atoms with Crippen LogP contribution in [0.5, 0.6) is 0 Å². The Morgan fingerprint density at radius 1 is 1.20 bits per heavy atom. The number of benzene rings is 1. The van der Waals surface area contributed by atoms with Crippen LogP contribution < -0.4 is 5.56 Å². The van der Waals surface area contributed by atoms with Gasteiger partial charge in [-0.1, -0.05) is 18.5 Å². The van der Waals surface area contributed by atoms with Crippen LogP contribution in [0.4, 0.5) is 0 Å². The van der Waals surface area contributed by atoms with Gasteiger partial charge in [-0.3, -0.25) is 9.36 Å². The minimum Gasteiger partial charge on any atom is -0.266 e. The lowest BCUT2D eigenvalue weighted by atomic mass is 9.97. The fourth-order valence-corrected chi connectivity index (χ4v) is 4.58. The topological polar surface area (TPSA) is 47.8 Å². The number of nitrogens with zero attached hydrogens (tertiary/aromatic N) is 3. The van der Waals surface area contributed by atoms with E-state index in [0.29, 0.717) is 27.4 Å². The lowest BCUT2D eigenvalue weighted by Crippen LogP contribution is -2.26. The second-order valence-electron chi connectivity index (χ2n) is 7.65. The van der Waals surface area contributed by atoms with Crippen LogP contribution in [0.15, 0.2) is 47.4 Å². The normalized spacial score (nSPS) is 27.4. The van der Waals surface area contributed by atoms with Crippen molar-refractivity contribution in [2.24, 2.45) is 11.3 Å². The molecule has 3 atom stereocenters. The third-order valence-electron chi connectivity index (χ3n) is 5.93. The summed E-state index contributed by atoms with van der Waals surface area (Å²) < 4.78 is 1.74. The summed E-state index contributed by atoms with van der Waals surface area (Å²) in [7, 11) is 0. The first-order valence-electron chi connectivity index (χ1n) is 8.69. The molecule has 2 aliphatic rings. The van der Waals surface area contributed by atoms with E-state index in [4.69, 9.17) is 16.6 Å². The van der Waals surface area contributed by atoms with Crippen molar-refractivity contribution in [2.75, 3.05) is 0 Å². The van der Waals surface area contributed by atoms with Crippen LogP contribution in [-0.2, 0) is 0 Å². The van der Waals surface area contributed by atoms with Crippen LogP contribution in [0.25, 0.3) is 16.7 Å². The first-order chi connectivity index (χ1) is 12.0. The lowest BCUT2D eigenvalue weighted by Gasteiger charge is -2.19. The highest BCUT2D eigenvalue weighted by Gasteiger charge is 2.57. The molecule has 0 radical (unpaired) electrons. The van der Waals surface area contributed by atoms with Gasteiger partial charge in [-0.05, 0) is 67.0 Å². The van der Waals surface area contributed by atoms with Gasteiger partial charge in [-0.15, -0.1) is 0 Å². The van der Waals surface area contributed by atoms with Crippen molar-refractivity contribution < 1.29 is 0 Å². The van der Waals surface area contributed by atoms with Crippen LogP contribution in [0, 0.1) is 11.3 Å². The zero-order valence-electron chi connectivity index (χ0n) is 13.9. The predicted octanol–water partition coefficient (Wildman–Crippen LogP) is 4.34. The van der Waals surface area contributed by atoms with Crippen LogP contribution in [0.1, 0.15) is 37.9 Å². The molecule has 0 spiro atoms. The largest absolute Gasteiger partial charge is 0.284 e. The van der Waals surface area contributed by atoms with Crippen molar-refractivity contribution >= 4 is 22.6 Å².